The number of nitrogens with zero attached hydrogens (tertiary/aromatic N) is 2. The van der Waals surface area contributed by atoms with Crippen molar-refractivity contribution in [1.29, 1.82) is 0 Å². The number of aryl methyl sites for hydroxylation is 1. The standard InChI is InChI=1S/C10H19N3/c1-5-8(2)12-9(3)10-6-11-13(4)7-10/h6-9,12H,5H2,1-4H3/t8-,9+/m0/s1. The SMILES string of the molecule is CC[C@H](C)N[C@H](C)c1cnn(C)c1. The molecule has 1 aromatic rings. The van der Waals surface area contributed by atoms with E-state index < -0.39 is 0 Å². The summed E-state index contributed by atoms with van der Waals surface area (Å²) in [5.74, 6) is 0. The predicted molar refractivity (Wildman–Crippen MR) is 54.5 cm³/mol. The van der Waals surface area contributed by atoms with Crippen LogP contribution >= 0.6 is 0 Å². The van der Waals surface area contributed by atoms with Crippen molar-refractivity contribution >= 4 is 0 Å². The minimum atomic E-state index is 0.392. The largest absolute Gasteiger partial charge is 0.308 e. The van der Waals surface area contributed by atoms with Gasteiger partial charge in [-0.3, -0.25) is 4.68 Å². The molecule has 0 saturated heterocycles. The Morgan fingerprint density at radius 3 is 2.69 bits per heavy atom. The van der Waals surface area contributed by atoms with Crippen LogP contribution in [0.1, 0.15) is 38.8 Å². The smallest absolute Gasteiger partial charge is 0.0537 e. The maximum atomic E-state index is 4.15. The van der Waals surface area contributed by atoms with E-state index in [4.69, 9.17) is 0 Å². The molecule has 2 atom stereocenters. The van der Waals surface area contributed by atoms with Crippen molar-refractivity contribution in [2.24, 2.45) is 7.05 Å². The van der Waals surface area contributed by atoms with Crippen LogP contribution in [0.5, 0.6) is 0 Å². The Morgan fingerprint density at radius 1 is 1.54 bits per heavy atom. The highest BCUT2D eigenvalue weighted by atomic mass is 15.2. The van der Waals surface area contributed by atoms with Crippen LogP contribution in [0.4, 0.5) is 0 Å². The minimum absolute atomic E-state index is 0.392. The maximum Gasteiger partial charge on any atom is 0.0537 e. The van der Waals surface area contributed by atoms with E-state index in [1.54, 1.807) is 0 Å². The lowest BCUT2D eigenvalue weighted by atomic mass is 10.1. The Morgan fingerprint density at radius 2 is 2.23 bits per heavy atom. The van der Waals surface area contributed by atoms with Gasteiger partial charge in [0, 0.05) is 30.9 Å². The van der Waals surface area contributed by atoms with E-state index in [9.17, 15) is 0 Å². The molecule has 0 bridgehead atoms. The van der Waals surface area contributed by atoms with Gasteiger partial charge in [-0.25, -0.2) is 0 Å². The summed E-state index contributed by atoms with van der Waals surface area (Å²) < 4.78 is 1.84. The van der Waals surface area contributed by atoms with Crippen LogP contribution in [-0.2, 0) is 7.05 Å². The monoisotopic (exact) mass is 181 g/mol. The van der Waals surface area contributed by atoms with Gasteiger partial charge in [-0.15, -0.1) is 0 Å². The molecular formula is C10H19N3. The first kappa shape index (κ1) is 10.3. The minimum Gasteiger partial charge on any atom is -0.308 e. The summed E-state index contributed by atoms with van der Waals surface area (Å²) >= 11 is 0. The van der Waals surface area contributed by atoms with Gasteiger partial charge in [0.2, 0.25) is 0 Å². The van der Waals surface area contributed by atoms with Gasteiger partial charge in [-0.1, -0.05) is 6.92 Å². The molecule has 74 valence electrons. The fourth-order valence-electron chi connectivity index (χ4n) is 1.30. The molecule has 1 heterocycles. The fraction of sp³-hybridized carbons (Fsp3) is 0.700. The molecule has 0 amide bonds. The summed E-state index contributed by atoms with van der Waals surface area (Å²) in [5, 5.41) is 7.65. The van der Waals surface area contributed by atoms with Crippen molar-refractivity contribution in [2.75, 3.05) is 0 Å². The molecule has 3 nitrogen and oxygen atoms in total. The molecule has 0 unspecified atom stereocenters. The molecule has 13 heavy (non-hydrogen) atoms. The normalized spacial score (nSPS) is 15.7. The quantitative estimate of drug-likeness (QED) is 0.768. The first-order chi connectivity index (χ1) is 6.13. The summed E-state index contributed by atoms with van der Waals surface area (Å²) in [4.78, 5) is 0. The zero-order valence-electron chi connectivity index (χ0n) is 8.91. The van der Waals surface area contributed by atoms with Crippen molar-refractivity contribution in [1.82, 2.24) is 15.1 Å². The highest BCUT2D eigenvalue weighted by Crippen LogP contribution is 2.11. The van der Waals surface area contributed by atoms with Crippen LogP contribution in [0.3, 0.4) is 0 Å². The zero-order chi connectivity index (χ0) is 9.84. The lowest BCUT2D eigenvalue weighted by Gasteiger charge is -2.17. The van der Waals surface area contributed by atoms with Crippen LogP contribution in [0.15, 0.2) is 12.4 Å². The van der Waals surface area contributed by atoms with Crippen LogP contribution in [-0.4, -0.2) is 15.8 Å². The fourth-order valence-corrected chi connectivity index (χ4v) is 1.30. The third kappa shape index (κ3) is 2.84. The molecule has 0 aliphatic carbocycles. The Balaban J connectivity index is 2.53. The van der Waals surface area contributed by atoms with Gasteiger partial charge < -0.3 is 5.32 Å². The molecular weight excluding hydrogens is 162 g/mol. The molecule has 0 aromatic carbocycles. The first-order valence-electron chi connectivity index (χ1n) is 4.88. The molecule has 0 fully saturated rings. The Kier molecular flexibility index (Phi) is 3.48. The maximum absolute atomic E-state index is 4.15. The van der Waals surface area contributed by atoms with E-state index in [1.165, 1.54) is 5.56 Å². The van der Waals surface area contributed by atoms with Crippen LogP contribution in [0, 0.1) is 0 Å². The van der Waals surface area contributed by atoms with E-state index in [1.807, 2.05) is 17.9 Å². The number of hydrogen-bond acceptors (Lipinski definition) is 2. The van der Waals surface area contributed by atoms with Crippen molar-refractivity contribution in [3.05, 3.63) is 18.0 Å². The van der Waals surface area contributed by atoms with E-state index in [2.05, 4.69) is 37.4 Å². The van der Waals surface area contributed by atoms with E-state index in [0.717, 1.165) is 6.42 Å². The lowest BCUT2D eigenvalue weighted by Crippen LogP contribution is -2.27. The molecule has 1 aromatic heterocycles. The highest BCUT2D eigenvalue weighted by Gasteiger charge is 2.08. The predicted octanol–water partition coefficient (Wildman–Crippen LogP) is 1.87. The number of hydrogen-bond donors (Lipinski definition) is 1. The Labute approximate surface area is 80.1 Å². The highest BCUT2D eigenvalue weighted by molar-refractivity contribution is 5.09. The van der Waals surface area contributed by atoms with Crippen LogP contribution in [0.2, 0.25) is 0 Å². The molecule has 0 aliphatic rings. The number of aromatic nitrogens is 2. The molecule has 0 aliphatic heterocycles. The molecule has 0 spiro atoms. The van der Waals surface area contributed by atoms with Gasteiger partial charge in [0.25, 0.3) is 0 Å². The average Bonchev–Trinajstić information content (AvgIpc) is 2.51. The van der Waals surface area contributed by atoms with Gasteiger partial charge >= 0.3 is 0 Å². The Hall–Kier alpha value is -0.830. The summed E-state index contributed by atoms with van der Waals surface area (Å²) in [7, 11) is 1.94. The third-order valence-electron chi connectivity index (χ3n) is 2.37. The van der Waals surface area contributed by atoms with Gasteiger partial charge in [0.1, 0.15) is 0 Å². The molecule has 0 saturated carbocycles. The van der Waals surface area contributed by atoms with Crippen molar-refractivity contribution in [2.45, 2.75) is 39.3 Å². The number of nitrogens with one attached hydrogen (secondary N) is 1. The topological polar surface area (TPSA) is 29.9 Å². The summed E-state index contributed by atoms with van der Waals surface area (Å²) in [6.07, 6.45) is 5.13. The molecule has 3 heteroatoms. The van der Waals surface area contributed by atoms with Crippen LogP contribution < -0.4 is 5.32 Å². The van der Waals surface area contributed by atoms with E-state index in [0.29, 0.717) is 12.1 Å². The molecule has 1 N–H and O–H groups in total. The third-order valence-corrected chi connectivity index (χ3v) is 2.37. The zero-order valence-corrected chi connectivity index (χ0v) is 8.91. The molecule has 0 radical (unpaired) electrons. The second-order valence-corrected chi connectivity index (χ2v) is 3.64. The lowest BCUT2D eigenvalue weighted by molar-refractivity contribution is 0.469. The van der Waals surface area contributed by atoms with E-state index >= 15 is 0 Å². The van der Waals surface area contributed by atoms with E-state index in [-0.39, 0.29) is 0 Å². The van der Waals surface area contributed by atoms with Crippen molar-refractivity contribution in [3.63, 3.8) is 0 Å². The van der Waals surface area contributed by atoms with Crippen molar-refractivity contribution in [3.8, 4) is 0 Å². The van der Waals surface area contributed by atoms with Gasteiger partial charge in [0.05, 0.1) is 6.20 Å². The summed E-state index contributed by atoms with van der Waals surface area (Å²) in [5.41, 5.74) is 1.25. The van der Waals surface area contributed by atoms with Crippen molar-refractivity contribution < 1.29 is 0 Å². The second-order valence-electron chi connectivity index (χ2n) is 3.64. The summed E-state index contributed by atoms with van der Waals surface area (Å²) in [6, 6.07) is 0.957. The second kappa shape index (κ2) is 4.42. The average molecular weight is 181 g/mol. The van der Waals surface area contributed by atoms with Gasteiger partial charge in [0.15, 0.2) is 0 Å². The van der Waals surface area contributed by atoms with Crippen LogP contribution in [0.25, 0.3) is 0 Å². The summed E-state index contributed by atoms with van der Waals surface area (Å²) in [6.45, 7) is 6.56. The van der Waals surface area contributed by atoms with Gasteiger partial charge in [-0.2, -0.15) is 5.10 Å². The molecule has 1 rings (SSSR count). The Bertz CT molecular complexity index is 254. The number of rotatable bonds is 4. The first-order valence-corrected chi connectivity index (χ1v) is 4.88. The van der Waals surface area contributed by atoms with Gasteiger partial charge in [-0.05, 0) is 20.3 Å².